The quantitative estimate of drug-likeness (QED) is 0.538. The first-order valence-corrected chi connectivity index (χ1v) is 12.0. The maximum Gasteiger partial charge on any atom is 0.272 e. The number of nitrogens with one attached hydrogen (secondary N) is 1. The summed E-state index contributed by atoms with van der Waals surface area (Å²) in [5.41, 5.74) is 5.34. The Labute approximate surface area is 195 Å². The molecule has 1 saturated carbocycles. The summed E-state index contributed by atoms with van der Waals surface area (Å²) in [5.74, 6) is 1.56. The highest BCUT2D eigenvalue weighted by molar-refractivity contribution is 5.94. The van der Waals surface area contributed by atoms with Crippen molar-refractivity contribution in [2.24, 2.45) is 5.92 Å². The average Bonchev–Trinajstić information content (AvgIpc) is 3.58. The standard InChI is InChI=1S/C27H32N4O2/c1-2-28-27(32)26-24-18-30(14-13-25(24)31(29-26)17-20-11-12-20)16-22-9-6-10-23(15-22)33-19-21-7-4-3-5-8-21/h3-10,15,20H,2,11-14,16-19H2,1H3,(H,28,32). The molecule has 2 aliphatic rings. The lowest BCUT2D eigenvalue weighted by Gasteiger charge is -2.28. The van der Waals surface area contributed by atoms with Crippen LogP contribution in [0, 0.1) is 5.92 Å². The zero-order valence-corrected chi connectivity index (χ0v) is 19.3. The molecule has 2 aromatic carbocycles. The number of fused-ring (bicyclic) bond motifs is 1. The van der Waals surface area contributed by atoms with Gasteiger partial charge in [0, 0.05) is 50.4 Å². The number of aromatic nitrogens is 2. The topological polar surface area (TPSA) is 59.4 Å². The Hall–Kier alpha value is -3.12. The third kappa shape index (κ3) is 5.28. The highest BCUT2D eigenvalue weighted by Gasteiger charge is 2.30. The molecule has 0 saturated heterocycles. The van der Waals surface area contributed by atoms with Gasteiger partial charge in [0.15, 0.2) is 5.69 Å². The summed E-state index contributed by atoms with van der Waals surface area (Å²) in [7, 11) is 0. The Kier molecular flexibility index (Phi) is 6.44. The second-order valence-electron chi connectivity index (χ2n) is 9.14. The molecule has 1 aliphatic heterocycles. The van der Waals surface area contributed by atoms with Crippen LogP contribution in [0.5, 0.6) is 5.75 Å². The zero-order valence-electron chi connectivity index (χ0n) is 19.3. The van der Waals surface area contributed by atoms with E-state index in [0.29, 0.717) is 18.8 Å². The van der Waals surface area contributed by atoms with Crippen LogP contribution >= 0.6 is 0 Å². The van der Waals surface area contributed by atoms with E-state index < -0.39 is 0 Å². The van der Waals surface area contributed by atoms with Crippen molar-refractivity contribution in [2.45, 2.75) is 52.4 Å². The minimum Gasteiger partial charge on any atom is -0.489 e. The largest absolute Gasteiger partial charge is 0.489 e. The van der Waals surface area contributed by atoms with Gasteiger partial charge in [0.25, 0.3) is 5.91 Å². The Morgan fingerprint density at radius 3 is 2.73 bits per heavy atom. The van der Waals surface area contributed by atoms with Crippen molar-refractivity contribution in [1.82, 2.24) is 20.0 Å². The van der Waals surface area contributed by atoms with Crippen LogP contribution in [-0.2, 0) is 32.7 Å². The molecular formula is C27H32N4O2. The van der Waals surface area contributed by atoms with Crippen LogP contribution in [-0.4, -0.2) is 33.7 Å². The minimum atomic E-state index is -0.0542. The molecule has 5 rings (SSSR count). The molecule has 0 atom stereocenters. The van der Waals surface area contributed by atoms with Gasteiger partial charge in [-0.2, -0.15) is 5.10 Å². The molecule has 1 N–H and O–H groups in total. The van der Waals surface area contributed by atoms with Crippen LogP contribution < -0.4 is 10.1 Å². The molecule has 0 bridgehead atoms. The van der Waals surface area contributed by atoms with Crippen LogP contribution in [0.1, 0.15) is 52.6 Å². The third-order valence-corrected chi connectivity index (χ3v) is 6.45. The second kappa shape index (κ2) is 9.79. The molecule has 6 heteroatoms. The number of amides is 1. The van der Waals surface area contributed by atoms with Gasteiger partial charge >= 0.3 is 0 Å². The van der Waals surface area contributed by atoms with Crippen LogP contribution in [0.2, 0.25) is 0 Å². The Morgan fingerprint density at radius 1 is 1.12 bits per heavy atom. The molecule has 0 spiro atoms. The summed E-state index contributed by atoms with van der Waals surface area (Å²) in [5, 5.41) is 7.70. The number of hydrogen-bond acceptors (Lipinski definition) is 4. The number of carbonyl (C=O) groups is 1. The molecule has 172 valence electrons. The smallest absolute Gasteiger partial charge is 0.272 e. The van der Waals surface area contributed by atoms with Gasteiger partial charge in [0.1, 0.15) is 12.4 Å². The molecular weight excluding hydrogens is 412 g/mol. The maximum absolute atomic E-state index is 12.7. The number of carbonyl (C=O) groups excluding carboxylic acids is 1. The molecule has 6 nitrogen and oxygen atoms in total. The molecule has 0 radical (unpaired) electrons. The van der Waals surface area contributed by atoms with Crippen LogP contribution in [0.15, 0.2) is 54.6 Å². The van der Waals surface area contributed by atoms with Crippen LogP contribution in [0.3, 0.4) is 0 Å². The molecule has 2 heterocycles. The van der Waals surface area contributed by atoms with E-state index in [9.17, 15) is 4.79 Å². The van der Waals surface area contributed by atoms with E-state index in [-0.39, 0.29) is 5.91 Å². The number of rotatable bonds is 9. The fourth-order valence-electron chi connectivity index (χ4n) is 4.54. The Bertz CT molecular complexity index is 1100. The van der Waals surface area contributed by atoms with E-state index in [1.54, 1.807) is 0 Å². The molecule has 1 aromatic heterocycles. The van der Waals surface area contributed by atoms with Crippen molar-refractivity contribution in [3.8, 4) is 5.75 Å². The Balaban J connectivity index is 1.28. The third-order valence-electron chi connectivity index (χ3n) is 6.45. The lowest BCUT2D eigenvalue weighted by molar-refractivity contribution is 0.0947. The van der Waals surface area contributed by atoms with Gasteiger partial charge in [-0.05, 0) is 48.9 Å². The van der Waals surface area contributed by atoms with Crippen molar-refractivity contribution in [1.29, 1.82) is 0 Å². The lowest BCUT2D eigenvalue weighted by atomic mass is 10.0. The first-order valence-electron chi connectivity index (χ1n) is 12.0. The summed E-state index contributed by atoms with van der Waals surface area (Å²) in [6.07, 6.45) is 3.48. The predicted molar refractivity (Wildman–Crippen MR) is 128 cm³/mol. The monoisotopic (exact) mass is 444 g/mol. The lowest BCUT2D eigenvalue weighted by Crippen LogP contribution is -2.32. The van der Waals surface area contributed by atoms with Gasteiger partial charge < -0.3 is 10.1 Å². The first kappa shape index (κ1) is 21.7. The van der Waals surface area contributed by atoms with Gasteiger partial charge in [0.2, 0.25) is 0 Å². The number of benzene rings is 2. The predicted octanol–water partition coefficient (Wildman–Crippen LogP) is 4.18. The summed E-state index contributed by atoms with van der Waals surface area (Å²) in [6, 6.07) is 18.6. The molecule has 1 amide bonds. The maximum atomic E-state index is 12.7. The summed E-state index contributed by atoms with van der Waals surface area (Å²) >= 11 is 0. The van der Waals surface area contributed by atoms with Crippen LogP contribution in [0.4, 0.5) is 0 Å². The fourth-order valence-corrected chi connectivity index (χ4v) is 4.54. The summed E-state index contributed by atoms with van der Waals surface area (Å²) in [6.45, 7) is 6.61. The van der Waals surface area contributed by atoms with E-state index >= 15 is 0 Å². The van der Waals surface area contributed by atoms with Crippen LogP contribution in [0.25, 0.3) is 0 Å². The summed E-state index contributed by atoms with van der Waals surface area (Å²) in [4.78, 5) is 15.1. The molecule has 3 aromatic rings. The van der Waals surface area contributed by atoms with Gasteiger partial charge in [-0.15, -0.1) is 0 Å². The Morgan fingerprint density at radius 2 is 1.94 bits per heavy atom. The van der Waals surface area contributed by atoms with E-state index in [2.05, 4.69) is 45.2 Å². The normalized spacial score (nSPS) is 15.8. The van der Waals surface area contributed by atoms with Gasteiger partial charge in [-0.3, -0.25) is 14.4 Å². The van der Waals surface area contributed by atoms with Gasteiger partial charge in [0.05, 0.1) is 0 Å². The zero-order chi connectivity index (χ0) is 22.6. The van der Waals surface area contributed by atoms with Crippen molar-refractivity contribution in [3.63, 3.8) is 0 Å². The van der Waals surface area contributed by atoms with E-state index in [4.69, 9.17) is 9.84 Å². The van der Waals surface area contributed by atoms with Gasteiger partial charge in [-0.25, -0.2) is 0 Å². The SMILES string of the molecule is CCNC(=O)c1nn(CC2CC2)c2c1CN(Cc1cccc(OCc3ccccc3)c1)CC2. The molecule has 1 aliphatic carbocycles. The molecule has 33 heavy (non-hydrogen) atoms. The minimum absolute atomic E-state index is 0.0542. The summed E-state index contributed by atoms with van der Waals surface area (Å²) < 4.78 is 8.14. The van der Waals surface area contributed by atoms with Crippen molar-refractivity contribution in [3.05, 3.63) is 82.7 Å². The fraction of sp³-hybridized carbons (Fsp3) is 0.407. The van der Waals surface area contributed by atoms with Crippen molar-refractivity contribution in [2.75, 3.05) is 13.1 Å². The molecule has 0 unspecified atom stereocenters. The molecule has 1 fully saturated rings. The van der Waals surface area contributed by atoms with E-state index in [0.717, 1.165) is 55.4 Å². The van der Waals surface area contributed by atoms with E-state index in [1.807, 2.05) is 31.2 Å². The van der Waals surface area contributed by atoms with E-state index in [1.165, 1.54) is 24.1 Å². The van der Waals surface area contributed by atoms with Gasteiger partial charge in [-0.1, -0.05) is 42.5 Å². The van der Waals surface area contributed by atoms with Crippen molar-refractivity contribution < 1.29 is 9.53 Å². The first-order chi connectivity index (χ1) is 16.2. The highest BCUT2D eigenvalue weighted by atomic mass is 16.5. The highest BCUT2D eigenvalue weighted by Crippen LogP contribution is 2.33. The second-order valence-corrected chi connectivity index (χ2v) is 9.14. The van der Waals surface area contributed by atoms with Crippen molar-refractivity contribution >= 4 is 5.91 Å². The average molecular weight is 445 g/mol. The number of hydrogen-bond donors (Lipinski definition) is 1. The number of nitrogens with zero attached hydrogens (tertiary/aromatic N) is 3. The number of ether oxygens (including phenoxy) is 1.